The van der Waals surface area contributed by atoms with Gasteiger partial charge in [0.15, 0.2) is 11.6 Å². The maximum Gasteiger partial charge on any atom is 0.269 e. The highest BCUT2D eigenvalue weighted by molar-refractivity contribution is 6.07. The molecule has 0 spiro atoms. The van der Waals surface area contributed by atoms with Crippen LogP contribution in [-0.4, -0.2) is 26.0 Å². The maximum atomic E-state index is 13.8. The summed E-state index contributed by atoms with van der Waals surface area (Å²) in [5.41, 5.74) is 7.61. The van der Waals surface area contributed by atoms with Crippen LogP contribution in [-0.2, 0) is 22.7 Å². The van der Waals surface area contributed by atoms with Crippen molar-refractivity contribution in [1.82, 2.24) is 9.47 Å². The van der Waals surface area contributed by atoms with E-state index in [1.807, 2.05) is 42.5 Å². The van der Waals surface area contributed by atoms with E-state index in [-0.39, 0.29) is 22.2 Å². The molecule has 2 aliphatic carbocycles. The van der Waals surface area contributed by atoms with E-state index in [0.717, 1.165) is 75.8 Å². The zero-order valence-corrected chi connectivity index (χ0v) is 23.3. The SMILES string of the molecule is O=C1CCCC2=C1C(c1cn(Cc3cccc([N+](=O)[O-])c3)c3ccccc13)C1=C(CCCC1=O)N2Cc1ccccc1. The topological polar surface area (TPSA) is 85.5 Å². The summed E-state index contributed by atoms with van der Waals surface area (Å²) in [7, 11) is 0. The van der Waals surface area contributed by atoms with Gasteiger partial charge in [-0.3, -0.25) is 19.7 Å². The number of Topliss-reactive ketones (excluding diaryl/α,β-unsaturated/α-hetero) is 2. The number of para-hydroxylation sites is 1. The molecule has 1 aliphatic heterocycles. The third-order valence-corrected chi connectivity index (χ3v) is 8.87. The summed E-state index contributed by atoms with van der Waals surface area (Å²) >= 11 is 0. The van der Waals surface area contributed by atoms with Crippen LogP contribution in [0.3, 0.4) is 0 Å². The molecule has 0 bridgehead atoms. The van der Waals surface area contributed by atoms with Crippen molar-refractivity contribution in [3.63, 3.8) is 0 Å². The van der Waals surface area contributed by atoms with Crippen LogP contribution in [0.4, 0.5) is 5.69 Å². The first-order valence-electron chi connectivity index (χ1n) is 14.6. The molecule has 7 nitrogen and oxygen atoms in total. The first kappa shape index (κ1) is 26.1. The average molecular weight is 558 g/mol. The molecule has 0 atom stereocenters. The lowest BCUT2D eigenvalue weighted by Gasteiger charge is -2.44. The molecule has 0 N–H and O–H groups in total. The quantitative estimate of drug-likeness (QED) is 0.185. The van der Waals surface area contributed by atoms with E-state index in [4.69, 9.17) is 0 Å². The molecule has 0 saturated heterocycles. The van der Waals surface area contributed by atoms with Crippen molar-refractivity contribution in [2.75, 3.05) is 0 Å². The van der Waals surface area contributed by atoms with E-state index in [0.29, 0.717) is 25.9 Å². The lowest BCUT2D eigenvalue weighted by molar-refractivity contribution is -0.384. The van der Waals surface area contributed by atoms with Crippen LogP contribution in [0.25, 0.3) is 10.9 Å². The fourth-order valence-electron chi connectivity index (χ4n) is 7.09. The van der Waals surface area contributed by atoms with Crippen LogP contribution in [0.5, 0.6) is 0 Å². The Morgan fingerprint density at radius 3 is 2.07 bits per heavy atom. The molecule has 3 aromatic carbocycles. The Kier molecular flexibility index (Phi) is 6.57. The third kappa shape index (κ3) is 4.45. The van der Waals surface area contributed by atoms with Gasteiger partial charge in [-0.05, 0) is 48.4 Å². The summed E-state index contributed by atoms with van der Waals surface area (Å²) in [6, 6.07) is 25.0. The number of fused-ring (bicyclic) bond motifs is 1. The molecule has 7 heteroatoms. The number of ketones is 2. The van der Waals surface area contributed by atoms with Gasteiger partial charge in [0.2, 0.25) is 0 Å². The molecule has 4 aromatic rings. The van der Waals surface area contributed by atoms with E-state index < -0.39 is 5.92 Å². The summed E-state index contributed by atoms with van der Waals surface area (Å²) < 4.78 is 2.10. The second-order valence-corrected chi connectivity index (χ2v) is 11.4. The van der Waals surface area contributed by atoms with Crippen molar-refractivity contribution >= 4 is 28.2 Å². The number of nitro benzene ring substituents is 1. The number of rotatable bonds is 6. The van der Waals surface area contributed by atoms with E-state index in [1.54, 1.807) is 12.1 Å². The molecule has 7 rings (SSSR count). The predicted molar refractivity (Wildman–Crippen MR) is 161 cm³/mol. The van der Waals surface area contributed by atoms with Gasteiger partial charge < -0.3 is 9.47 Å². The number of non-ortho nitro benzene ring substituents is 1. The van der Waals surface area contributed by atoms with E-state index in [1.165, 1.54) is 6.07 Å². The Bertz CT molecular complexity index is 1770. The number of allylic oxidation sites excluding steroid dienone is 4. The van der Waals surface area contributed by atoms with Crippen molar-refractivity contribution in [1.29, 1.82) is 0 Å². The van der Waals surface area contributed by atoms with Crippen molar-refractivity contribution in [3.05, 3.63) is 134 Å². The number of benzene rings is 3. The second-order valence-electron chi connectivity index (χ2n) is 11.4. The van der Waals surface area contributed by atoms with Crippen molar-refractivity contribution < 1.29 is 14.5 Å². The molecule has 42 heavy (non-hydrogen) atoms. The highest BCUT2D eigenvalue weighted by Crippen LogP contribution is 2.51. The molecule has 0 fully saturated rings. The Hall–Kier alpha value is -4.78. The number of carbonyl (C=O) groups excluding carboxylic acids is 2. The molecule has 210 valence electrons. The standard InChI is InChI=1S/C35H31N3O4/c39-31-17-7-15-29-34(31)33(35-30(16-8-18-32(35)40)37(29)21-23-9-2-1-3-10-23)27-22-36(28-14-5-4-13-26(27)28)20-24-11-6-12-25(19-24)38(41)42/h1-6,9-14,19,22,33H,7-8,15-18,20-21H2. The lowest BCUT2D eigenvalue weighted by Crippen LogP contribution is -2.38. The predicted octanol–water partition coefficient (Wildman–Crippen LogP) is 7.21. The zero-order valence-electron chi connectivity index (χ0n) is 23.3. The van der Waals surface area contributed by atoms with Gasteiger partial charge in [-0.1, -0.05) is 60.7 Å². The molecular formula is C35H31N3O4. The average Bonchev–Trinajstić information content (AvgIpc) is 3.36. The summed E-state index contributed by atoms with van der Waals surface area (Å²) in [5, 5.41) is 12.4. The third-order valence-electron chi connectivity index (χ3n) is 8.87. The monoisotopic (exact) mass is 557 g/mol. The Balaban J connectivity index is 1.41. The van der Waals surface area contributed by atoms with E-state index >= 15 is 0 Å². The first-order valence-corrected chi connectivity index (χ1v) is 14.6. The van der Waals surface area contributed by atoms with Crippen molar-refractivity contribution in [3.8, 4) is 0 Å². The van der Waals surface area contributed by atoms with E-state index in [9.17, 15) is 19.7 Å². The van der Waals surface area contributed by atoms with Crippen LogP contribution >= 0.6 is 0 Å². The van der Waals surface area contributed by atoms with Gasteiger partial charge in [-0.15, -0.1) is 0 Å². The molecule has 1 aromatic heterocycles. The molecule has 0 amide bonds. The Morgan fingerprint density at radius 1 is 0.738 bits per heavy atom. The Morgan fingerprint density at radius 2 is 1.38 bits per heavy atom. The van der Waals surface area contributed by atoms with Crippen LogP contribution in [0.1, 0.15) is 61.1 Å². The fourth-order valence-corrected chi connectivity index (χ4v) is 7.09. The minimum Gasteiger partial charge on any atom is -0.343 e. The number of hydrogen-bond donors (Lipinski definition) is 0. The van der Waals surface area contributed by atoms with Gasteiger partial charge in [0, 0.05) is 83.6 Å². The number of aromatic nitrogens is 1. The minimum absolute atomic E-state index is 0.0557. The van der Waals surface area contributed by atoms with Gasteiger partial charge >= 0.3 is 0 Å². The molecule has 0 saturated carbocycles. The van der Waals surface area contributed by atoms with Gasteiger partial charge in [-0.2, -0.15) is 0 Å². The molecule has 0 radical (unpaired) electrons. The summed E-state index contributed by atoms with van der Waals surface area (Å²) in [6.45, 7) is 1.08. The highest BCUT2D eigenvalue weighted by Gasteiger charge is 2.44. The maximum absolute atomic E-state index is 13.8. The van der Waals surface area contributed by atoms with E-state index in [2.05, 4.69) is 33.9 Å². The number of hydrogen-bond acceptors (Lipinski definition) is 5. The smallest absolute Gasteiger partial charge is 0.269 e. The van der Waals surface area contributed by atoms with Crippen LogP contribution in [0.2, 0.25) is 0 Å². The molecular weight excluding hydrogens is 526 g/mol. The largest absolute Gasteiger partial charge is 0.343 e. The number of nitrogens with zero attached hydrogens (tertiary/aromatic N) is 3. The summed E-state index contributed by atoms with van der Waals surface area (Å²) in [5.74, 6) is -0.168. The van der Waals surface area contributed by atoms with Crippen LogP contribution in [0, 0.1) is 10.1 Å². The molecule has 0 unspecified atom stereocenters. The van der Waals surface area contributed by atoms with Crippen molar-refractivity contribution in [2.24, 2.45) is 0 Å². The summed E-state index contributed by atoms with van der Waals surface area (Å²) in [6.07, 6.45) is 6.26. The number of nitro groups is 1. The Labute approximate surface area is 243 Å². The second kappa shape index (κ2) is 10.6. The molecule has 2 heterocycles. The van der Waals surface area contributed by atoms with Gasteiger partial charge in [0.25, 0.3) is 5.69 Å². The van der Waals surface area contributed by atoms with Gasteiger partial charge in [0.05, 0.1) is 4.92 Å². The van der Waals surface area contributed by atoms with Crippen molar-refractivity contribution in [2.45, 2.75) is 57.5 Å². The van der Waals surface area contributed by atoms with Gasteiger partial charge in [-0.25, -0.2) is 0 Å². The van der Waals surface area contributed by atoms with Crippen LogP contribution < -0.4 is 0 Å². The number of carbonyl (C=O) groups is 2. The van der Waals surface area contributed by atoms with Crippen LogP contribution in [0.15, 0.2) is 108 Å². The fraction of sp³-hybridized carbons (Fsp3) is 0.257. The minimum atomic E-state index is -0.418. The lowest BCUT2D eigenvalue weighted by atomic mass is 9.71. The zero-order chi connectivity index (χ0) is 28.8. The van der Waals surface area contributed by atoms with Gasteiger partial charge in [0.1, 0.15) is 0 Å². The summed E-state index contributed by atoms with van der Waals surface area (Å²) in [4.78, 5) is 41.0. The molecule has 3 aliphatic rings. The normalized spacial score (nSPS) is 17.6. The first-order chi connectivity index (χ1) is 20.5. The highest BCUT2D eigenvalue weighted by atomic mass is 16.6.